The van der Waals surface area contributed by atoms with Crippen molar-refractivity contribution in [3.05, 3.63) is 22.6 Å². The van der Waals surface area contributed by atoms with Crippen molar-refractivity contribution in [2.45, 2.75) is 25.8 Å². The SMILES string of the molecule is C[C@@H](N)CCc1cc(Br)co1. The predicted octanol–water partition coefficient (Wildman–Crippen LogP) is 2.32. The zero-order valence-corrected chi connectivity index (χ0v) is 8.10. The number of rotatable bonds is 3. The van der Waals surface area contributed by atoms with Gasteiger partial charge in [-0.2, -0.15) is 0 Å². The van der Waals surface area contributed by atoms with E-state index >= 15 is 0 Å². The Morgan fingerprint density at radius 1 is 1.73 bits per heavy atom. The molecule has 2 nitrogen and oxygen atoms in total. The van der Waals surface area contributed by atoms with Crippen molar-refractivity contribution >= 4 is 15.9 Å². The third-order valence-corrected chi connectivity index (χ3v) is 1.88. The Bertz CT molecular complexity index is 220. The monoisotopic (exact) mass is 217 g/mol. The molecule has 0 fully saturated rings. The summed E-state index contributed by atoms with van der Waals surface area (Å²) in [6.45, 7) is 2.00. The molecule has 0 unspecified atom stereocenters. The van der Waals surface area contributed by atoms with Gasteiger partial charge in [0.05, 0.1) is 4.47 Å². The number of hydrogen-bond acceptors (Lipinski definition) is 2. The maximum atomic E-state index is 5.59. The topological polar surface area (TPSA) is 39.2 Å². The Kier molecular flexibility index (Phi) is 3.15. The largest absolute Gasteiger partial charge is 0.468 e. The number of halogens is 1. The molecule has 0 spiro atoms. The molecule has 0 saturated carbocycles. The highest BCUT2D eigenvalue weighted by atomic mass is 79.9. The maximum absolute atomic E-state index is 5.59. The first-order valence-corrected chi connectivity index (χ1v) is 4.46. The van der Waals surface area contributed by atoms with Gasteiger partial charge in [-0.05, 0) is 35.3 Å². The summed E-state index contributed by atoms with van der Waals surface area (Å²) in [5.74, 6) is 0.995. The molecule has 1 aromatic heterocycles. The Balaban J connectivity index is 2.39. The minimum absolute atomic E-state index is 0.249. The summed E-state index contributed by atoms with van der Waals surface area (Å²) in [6, 6.07) is 2.22. The summed E-state index contributed by atoms with van der Waals surface area (Å²) in [5.41, 5.74) is 5.59. The zero-order valence-electron chi connectivity index (χ0n) is 6.51. The smallest absolute Gasteiger partial charge is 0.105 e. The van der Waals surface area contributed by atoms with Gasteiger partial charge in [-0.3, -0.25) is 0 Å². The second-order valence-corrected chi connectivity index (χ2v) is 3.66. The van der Waals surface area contributed by atoms with Gasteiger partial charge in [-0.15, -0.1) is 0 Å². The number of furan rings is 1. The summed E-state index contributed by atoms with van der Waals surface area (Å²) in [7, 11) is 0. The molecule has 0 aliphatic heterocycles. The highest BCUT2D eigenvalue weighted by molar-refractivity contribution is 9.10. The lowest BCUT2D eigenvalue weighted by atomic mass is 10.2. The molecular weight excluding hydrogens is 206 g/mol. The Morgan fingerprint density at radius 3 is 2.91 bits per heavy atom. The van der Waals surface area contributed by atoms with Gasteiger partial charge in [-0.1, -0.05) is 0 Å². The van der Waals surface area contributed by atoms with Crippen molar-refractivity contribution in [1.82, 2.24) is 0 Å². The minimum Gasteiger partial charge on any atom is -0.468 e. The van der Waals surface area contributed by atoms with Crippen molar-refractivity contribution in [2.75, 3.05) is 0 Å². The third kappa shape index (κ3) is 3.08. The molecule has 1 heterocycles. The molecule has 0 radical (unpaired) electrons. The summed E-state index contributed by atoms with van der Waals surface area (Å²) in [6.07, 6.45) is 3.58. The van der Waals surface area contributed by atoms with Crippen molar-refractivity contribution in [1.29, 1.82) is 0 Å². The standard InChI is InChI=1S/C8H12BrNO/c1-6(10)2-3-8-4-7(9)5-11-8/h4-6H,2-3,10H2,1H3/t6-/m1/s1. The van der Waals surface area contributed by atoms with E-state index in [4.69, 9.17) is 10.2 Å². The van der Waals surface area contributed by atoms with Gasteiger partial charge in [0.1, 0.15) is 12.0 Å². The van der Waals surface area contributed by atoms with E-state index in [0.29, 0.717) is 0 Å². The lowest BCUT2D eigenvalue weighted by molar-refractivity contribution is 0.490. The Morgan fingerprint density at radius 2 is 2.45 bits per heavy atom. The number of aryl methyl sites for hydroxylation is 1. The molecule has 1 aromatic rings. The van der Waals surface area contributed by atoms with Crippen LogP contribution in [0.25, 0.3) is 0 Å². The molecule has 0 aromatic carbocycles. The highest BCUT2D eigenvalue weighted by Gasteiger charge is 2.00. The molecule has 0 amide bonds. The van der Waals surface area contributed by atoms with E-state index in [1.54, 1.807) is 6.26 Å². The van der Waals surface area contributed by atoms with Crippen LogP contribution in [0.5, 0.6) is 0 Å². The molecule has 0 aliphatic carbocycles. The second-order valence-electron chi connectivity index (χ2n) is 2.75. The fourth-order valence-corrected chi connectivity index (χ4v) is 1.20. The minimum atomic E-state index is 0.249. The summed E-state index contributed by atoms with van der Waals surface area (Å²) in [4.78, 5) is 0. The van der Waals surface area contributed by atoms with Crippen molar-refractivity contribution < 1.29 is 4.42 Å². The van der Waals surface area contributed by atoms with Gasteiger partial charge in [0.25, 0.3) is 0 Å². The lowest BCUT2D eigenvalue weighted by Gasteiger charge is -2.00. The van der Waals surface area contributed by atoms with E-state index in [0.717, 1.165) is 23.1 Å². The van der Waals surface area contributed by atoms with Crippen LogP contribution in [0.3, 0.4) is 0 Å². The normalized spacial score (nSPS) is 13.4. The molecule has 2 N–H and O–H groups in total. The van der Waals surface area contributed by atoms with Crippen molar-refractivity contribution in [3.63, 3.8) is 0 Å². The van der Waals surface area contributed by atoms with Gasteiger partial charge < -0.3 is 10.2 Å². The molecule has 0 saturated heterocycles. The lowest BCUT2D eigenvalue weighted by Crippen LogP contribution is -2.15. The van der Waals surface area contributed by atoms with Gasteiger partial charge in [0.15, 0.2) is 0 Å². The average molecular weight is 218 g/mol. The van der Waals surface area contributed by atoms with Crippen LogP contribution in [-0.2, 0) is 6.42 Å². The quantitative estimate of drug-likeness (QED) is 0.845. The van der Waals surface area contributed by atoms with E-state index in [2.05, 4.69) is 15.9 Å². The number of nitrogens with two attached hydrogens (primary N) is 1. The fourth-order valence-electron chi connectivity index (χ4n) is 0.855. The van der Waals surface area contributed by atoms with Crippen LogP contribution >= 0.6 is 15.9 Å². The van der Waals surface area contributed by atoms with Gasteiger partial charge in [0, 0.05) is 12.5 Å². The Labute approximate surface area is 74.9 Å². The summed E-state index contributed by atoms with van der Waals surface area (Å²) < 4.78 is 6.21. The zero-order chi connectivity index (χ0) is 8.27. The second kappa shape index (κ2) is 3.93. The van der Waals surface area contributed by atoms with Crippen LogP contribution in [0.15, 0.2) is 21.2 Å². The van der Waals surface area contributed by atoms with Gasteiger partial charge >= 0.3 is 0 Å². The highest BCUT2D eigenvalue weighted by Crippen LogP contribution is 2.15. The van der Waals surface area contributed by atoms with Crippen LogP contribution in [0.4, 0.5) is 0 Å². The first-order chi connectivity index (χ1) is 5.18. The van der Waals surface area contributed by atoms with Crippen molar-refractivity contribution in [2.24, 2.45) is 5.73 Å². The molecular formula is C8H12BrNO. The van der Waals surface area contributed by atoms with Crippen LogP contribution in [0.1, 0.15) is 19.1 Å². The van der Waals surface area contributed by atoms with E-state index < -0.39 is 0 Å². The average Bonchev–Trinajstić information content (AvgIpc) is 2.31. The maximum Gasteiger partial charge on any atom is 0.105 e. The van der Waals surface area contributed by atoms with Crippen LogP contribution in [0, 0.1) is 0 Å². The summed E-state index contributed by atoms with van der Waals surface area (Å²) >= 11 is 3.31. The van der Waals surface area contributed by atoms with Gasteiger partial charge in [-0.25, -0.2) is 0 Å². The molecule has 1 atom stereocenters. The first kappa shape index (κ1) is 8.81. The molecule has 3 heteroatoms. The molecule has 62 valence electrons. The van der Waals surface area contributed by atoms with Gasteiger partial charge in [0.2, 0.25) is 0 Å². The summed E-state index contributed by atoms with van der Waals surface area (Å²) in [5, 5.41) is 0. The number of hydrogen-bond donors (Lipinski definition) is 1. The van der Waals surface area contributed by atoms with E-state index in [9.17, 15) is 0 Å². The van der Waals surface area contributed by atoms with Crippen LogP contribution < -0.4 is 5.73 Å². The van der Waals surface area contributed by atoms with Crippen LogP contribution in [-0.4, -0.2) is 6.04 Å². The Hall–Kier alpha value is -0.280. The fraction of sp³-hybridized carbons (Fsp3) is 0.500. The molecule has 0 bridgehead atoms. The first-order valence-electron chi connectivity index (χ1n) is 3.67. The van der Waals surface area contributed by atoms with E-state index in [1.807, 2.05) is 13.0 Å². The predicted molar refractivity (Wildman–Crippen MR) is 48.4 cm³/mol. The molecule has 1 rings (SSSR count). The molecule has 11 heavy (non-hydrogen) atoms. The van der Waals surface area contributed by atoms with Crippen molar-refractivity contribution in [3.8, 4) is 0 Å². The third-order valence-electron chi connectivity index (χ3n) is 1.47. The van der Waals surface area contributed by atoms with E-state index in [1.165, 1.54) is 0 Å². The molecule has 0 aliphatic rings. The van der Waals surface area contributed by atoms with E-state index in [-0.39, 0.29) is 6.04 Å². The van der Waals surface area contributed by atoms with Crippen LogP contribution in [0.2, 0.25) is 0 Å².